The fourth-order valence-corrected chi connectivity index (χ4v) is 1.75. The summed E-state index contributed by atoms with van der Waals surface area (Å²) in [5.41, 5.74) is 0.246. The minimum atomic E-state index is -1.55. The number of hydrogen-bond acceptors (Lipinski definition) is 4. The molecule has 0 aliphatic rings. The van der Waals surface area contributed by atoms with Gasteiger partial charge in [0.25, 0.3) is 0 Å². The Morgan fingerprint density at radius 3 is 2.42 bits per heavy atom. The van der Waals surface area contributed by atoms with E-state index in [0.29, 0.717) is 16.3 Å². The summed E-state index contributed by atoms with van der Waals surface area (Å²) in [5, 5.41) is 17.5. The highest BCUT2D eigenvalue weighted by Crippen LogP contribution is 2.27. The monoisotopic (exact) mass is 328 g/mol. The number of ether oxygens (including phenoxy) is 1. The number of aliphatic carboxylic acids is 1. The maximum atomic E-state index is 11.7. The van der Waals surface area contributed by atoms with E-state index in [9.17, 15) is 9.59 Å². The molecule has 0 unspecified atom stereocenters. The predicted molar refractivity (Wildman–Crippen MR) is 72.6 cm³/mol. The van der Waals surface area contributed by atoms with Crippen molar-refractivity contribution in [1.82, 2.24) is 0 Å². The van der Waals surface area contributed by atoms with E-state index in [-0.39, 0.29) is 11.7 Å². The van der Waals surface area contributed by atoms with Crippen molar-refractivity contribution < 1.29 is 24.5 Å². The second-order valence-electron chi connectivity index (χ2n) is 4.01. The number of allylic oxidation sites excluding steroid dienone is 1. The summed E-state index contributed by atoms with van der Waals surface area (Å²) >= 11 is 3.26. The van der Waals surface area contributed by atoms with Crippen LogP contribution in [0.2, 0.25) is 0 Å². The van der Waals surface area contributed by atoms with Crippen LogP contribution in [0.25, 0.3) is 0 Å². The molecular formula is C13H13BrO5. The number of aliphatic hydroxyl groups is 1. The normalized spacial score (nSPS) is 11.5. The summed E-state index contributed by atoms with van der Waals surface area (Å²) in [7, 11) is 0. The molecule has 0 fully saturated rings. The summed E-state index contributed by atoms with van der Waals surface area (Å²) in [5.74, 6) is -2.56. The summed E-state index contributed by atoms with van der Waals surface area (Å²) in [6.07, 6.45) is 0.654. The summed E-state index contributed by atoms with van der Waals surface area (Å²) in [6.45, 7) is 3.75. The van der Waals surface area contributed by atoms with Gasteiger partial charge in [0, 0.05) is 11.6 Å². The van der Waals surface area contributed by atoms with Gasteiger partial charge in [0.15, 0.2) is 5.78 Å². The van der Waals surface area contributed by atoms with E-state index in [1.54, 1.807) is 6.07 Å². The first kappa shape index (κ1) is 15.2. The van der Waals surface area contributed by atoms with Crippen LogP contribution in [-0.4, -0.2) is 28.1 Å². The van der Waals surface area contributed by atoms with Crippen molar-refractivity contribution in [2.45, 2.75) is 20.0 Å². The molecule has 0 bridgehead atoms. The first-order valence-corrected chi connectivity index (χ1v) is 6.25. The van der Waals surface area contributed by atoms with Crippen molar-refractivity contribution in [3.8, 4) is 5.75 Å². The molecule has 102 valence electrons. The van der Waals surface area contributed by atoms with Gasteiger partial charge < -0.3 is 14.9 Å². The number of carboxylic acid groups (broad SMARTS) is 1. The number of halogens is 1. The van der Waals surface area contributed by atoms with E-state index < -0.39 is 17.5 Å². The largest absolute Gasteiger partial charge is 0.502 e. The number of benzene rings is 1. The lowest BCUT2D eigenvalue weighted by Crippen LogP contribution is -2.07. The van der Waals surface area contributed by atoms with Gasteiger partial charge in [-0.15, -0.1) is 0 Å². The Bertz CT molecular complexity index is 534. The molecule has 0 heterocycles. The lowest BCUT2D eigenvalue weighted by Gasteiger charge is -2.11. The van der Waals surface area contributed by atoms with E-state index in [2.05, 4.69) is 15.9 Å². The van der Waals surface area contributed by atoms with Crippen molar-refractivity contribution >= 4 is 27.7 Å². The molecule has 1 aromatic rings. The minimum Gasteiger partial charge on any atom is -0.502 e. The van der Waals surface area contributed by atoms with Crippen LogP contribution in [0.15, 0.2) is 34.5 Å². The maximum absolute atomic E-state index is 11.7. The lowest BCUT2D eigenvalue weighted by molar-refractivity contribution is -0.135. The average Bonchev–Trinajstić information content (AvgIpc) is 2.30. The van der Waals surface area contributed by atoms with Gasteiger partial charge in [-0.25, -0.2) is 4.79 Å². The molecule has 0 aromatic heterocycles. The van der Waals surface area contributed by atoms with Crippen molar-refractivity contribution in [1.29, 1.82) is 0 Å². The van der Waals surface area contributed by atoms with Gasteiger partial charge >= 0.3 is 5.97 Å². The van der Waals surface area contributed by atoms with Crippen LogP contribution in [-0.2, 0) is 4.79 Å². The van der Waals surface area contributed by atoms with Gasteiger partial charge in [-0.2, -0.15) is 0 Å². The van der Waals surface area contributed by atoms with Gasteiger partial charge in [-0.1, -0.05) is 0 Å². The lowest BCUT2D eigenvalue weighted by atomic mass is 10.1. The SMILES string of the molecule is CC(C)Oc1ccc(C(=O)/C=C(\O)C(=O)O)cc1Br. The molecule has 0 saturated heterocycles. The molecule has 0 spiro atoms. The van der Waals surface area contributed by atoms with Crippen LogP contribution < -0.4 is 4.74 Å². The Kier molecular flexibility index (Phi) is 5.11. The molecule has 1 aromatic carbocycles. The van der Waals surface area contributed by atoms with Gasteiger partial charge in [-0.3, -0.25) is 4.79 Å². The molecule has 1 rings (SSSR count). The van der Waals surface area contributed by atoms with Crippen molar-refractivity contribution in [2.24, 2.45) is 0 Å². The van der Waals surface area contributed by atoms with E-state index >= 15 is 0 Å². The highest BCUT2D eigenvalue weighted by Gasteiger charge is 2.12. The Labute approximate surface area is 118 Å². The number of aliphatic hydroxyl groups excluding tert-OH is 1. The molecule has 2 N–H and O–H groups in total. The summed E-state index contributed by atoms with van der Waals surface area (Å²) in [6, 6.07) is 4.60. The van der Waals surface area contributed by atoms with E-state index in [0.717, 1.165) is 0 Å². The molecular weight excluding hydrogens is 316 g/mol. The van der Waals surface area contributed by atoms with E-state index in [4.69, 9.17) is 14.9 Å². The van der Waals surface area contributed by atoms with Crippen molar-refractivity contribution in [3.63, 3.8) is 0 Å². The summed E-state index contributed by atoms with van der Waals surface area (Å²) < 4.78 is 6.06. The zero-order valence-electron chi connectivity index (χ0n) is 10.4. The molecule has 6 heteroatoms. The fraction of sp³-hybridized carbons (Fsp3) is 0.231. The van der Waals surface area contributed by atoms with Crippen LogP contribution in [0.5, 0.6) is 5.75 Å². The number of ketones is 1. The third kappa shape index (κ3) is 4.40. The Morgan fingerprint density at radius 1 is 1.32 bits per heavy atom. The smallest absolute Gasteiger partial charge is 0.371 e. The molecule has 0 amide bonds. The topological polar surface area (TPSA) is 83.8 Å². The van der Waals surface area contributed by atoms with E-state index in [1.807, 2.05) is 13.8 Å². The number of carbonyl (C=O) groups is 2. The predicted octanol–water partition coefficient (Wildman–Crippen LogP) is 2.95. The Morgan fingerprint density at radius 2 is 1.95 bits per heavy atom. The third-order valence-corrected chi connectivity index (χ3v) is 2.69. The Balaban J connectivity index is 2.98. The first-order chi connectivity index (χ1) is 8.81. The molecule has 5 nitrogen and oxygen atoms in total. The van der Waals surface area contributed by atoms with Crippen LogP contribution in [0, 0.1) is 0 Å². The molecule has 0 atom stereocenters. The summed E-state index contributed by atoms with van der Waals surface area (Å²) in [4.78, 5) is 22.1. The quantitative estimate of drug-likeness (QED) is 0.493. The average molecular weight is 329 g/mol. The molecule has 0 saturated carbocycles. The van der Waals surface area contributed by atoms with Crippen molar-refractivity contribution in [3.05, 3.63) is 40.1 Å². The molecule has 19 heavy (non-hydrogen) atoms. The Hall–Kier alpha value is -1.82. The highest BCUT2D eigenvalue weighted by molar-refractivity contribution is 9.10. The second kappa shape index (κ2) is 6.38. The standard InChI is InChI=1S/C13H13BrO5/c1-7(2)19-12-4-3-8(5-9(12)14)10(15)6-11(16)13(17)18/h3-7,16H,1-2H3,(H,17,18)/b11-6-. The van der Waals surface area contributed by atoms with Crippen LogP contribution >= 0.6 is 15.9 Å². The maximum Gasteiger partial charge on any atom is 0.371 e. The molecule has 0 aliphatic carbocycles. The van der Waals surface area contributed by atoms with Gasteiger partial charge in [0.2, 0.25) is 5.76 Å². The van der Waals surface area contributed by atoms with Gasteiger partial charge in [0.1, 0.15) is 5.75 Å². The fourth-order valence-electron chi connectivity index (χ4n) is 1.27. The molecule has 0 aliphatic heterocycles. The van der Waals surface area contributed by atoms with Crippen LogP contribution in [0.1, 0.15) is 24.2 Å². The van der Waals surface area contributed by atoms with Gasteiger partial charge in [0.05, 0.1) is 10.6 Å². The van der Waals surface area contributed by atoms with Crippen LogP contribution in [0.4, 0.5) is 0 Å². The highest BCUT2D eigenvalue weighted by atomic mass is 79.9. The minimum absolute atomic E-state index is 0.00574. The number of carbonyl (C=O) groups excluding carboxylic acids is 1. The zero-order valence-corrected chi connectivity index (χ0v) is 12.0. The zero-order chi connectivity index (χ0) is 14.6. The molecule has 0 radical (unpaired) electrons. The van der Waals surface area contributed by atoms with Crippen LogP contribution in [0.3, 0.4) is 0 Å². The van der Waals surface area contributed by atoms with Crippen molar-refractivity contribution in [2.75, 3.05) is 0 Å². The number of carboxylic acids is 1. The number of rotatable bonds is 5. The first-order valence-electron chi connectivity index (χ1n) is 5.45. The third-order valence-electron chi connectivity index (χ3n) is 2.07. The van der Waals surface area contributed by atoms with Gasteiger partial charge in [-0.05, 0) is 48.0 Å². The number of hydrogen-bond donors (Lipinski definition) is 2. The van der Waals surface area contributed by atoms with E-state index in [1.165, 1.54) is 12.1 Å². The second-order valence-corrected chi connectivity index (χ2v) is 4.87.